The maximum atomic E-state index is 13.0. The molecule has 0 aromatic heterocycles. The minimum Gasteiger partial charge on any atom is -0.454 e. The maximum Gasteiger partial charge on any atom is 0.325 e. The summed E-state index contributed by atoms with van der Waals surface area (Å²) < 4.78 is 10.6. The number of rotatable bonds is 7. The van der Waals surface area contributed by atoms with Crippen LogP contribution in [0, 0.1) is 0 Å². The lowest BCUT2D eigenvalue weighted by Gasteiger charge is -2.25. The van der Waals surface area contributed by atoms with E-state index in [1.54, 1.807) is 39.0 Å². The van der Waals surface area contributed by atoms with E-state index in [2.05, 4.69) is 10.6 Å². The fraction of sp³-hybridized carbons (Fsp3) is 0.500. The summed E-state index contributed by atoms with van der Waals surface area (Å²) in [4.78, 5) is 50.0. The minimum absolute atomic E-state index is 0.0381. The van der Waals surface area contributed by atoms with E-state index in [-0.39, 0.29) is 37.9 Å². The van der Waals surface area contributed by atoms with Crippen molar-refractivity contribution in [3.63, 3.8) is 0 Å². The Morgan fingerprint density at radius 2 is 1.93 bits per heavy atom. The van der Waals surface area contributed by atoms with Crippen molar-refractivity contribution >= 4 is 23.6 Å². The van der Waals surface area contributed by atoms with Gasteiger partial charge >= 0.3 is 6.03 Å². The Labute approximate surface area is 168 Å². The number of benzene rings is 1. The number of hydrogen-bond acceptors (Lipinski definition) is 6. The summed E-state index contributed by atoms with van der Waals surface area (Å²) in [5, 5.41) is 5.46. The van der Waals surface area contributed by atoms with E-state index in [1.165, 1.54) is 6.92 Å². The Bertz CT molecular complexity index is 881. The molecule has 9 nitrogen and oxygen atoms in total. The number of imide groups is 1. The van der Waals surface area contributed by atoms with Gasteiger partial charge in [-0.05, 0) is 45.4 Å². The van der Waals surface area contributed by atoms with Crippen molar-refractivity contribution in [2.75, 3.05) is 13.3 Å². The Kier molecular flexibility index (Phi) is 5.25. The second-order valence-corrected chi connectivity index (χ2v) is 8.14. The second kappa shape index (κ2) is 7.38. The van der Waals surface area contributed by atoms with Crippen LogP contribution in [0.5, 0.6) is 11.5 Å². The Hall–Kier alpha value is -3.10. The summed E-state index contributed by atoms with van der Waals surface area (Å²) >= 11 is 0. The van der Waals surface area contributed by atoms with Gasteiger partial charge in [0.1, 0.15) is 11.3 Å². The number of carbonyl (C=O) groups excluding carboxylic acids is 4. The van der Waals surface area contributed by atoms with Crippen molar-refractivity contribution in [3.8, 4) is 11.5 Å². The average Bonchev–Trinajstić information content (AvgIpc) is 3.15. The zero-order valence-electron chi connectivity index (χ0n) is 17.0. The normalized spacial score (nSPS) is 20.6. The van der Waals surface area contributed by atoms with Crippen LogP contribution >= 0.6 is 0 Å². The molecule has 0 unspecified atom stereocenters. The van der Waals surface area contributed by atoms with Crippen LogP contribution in [-0.4, -0.2) is 47.4 Å². The highest BCUT2D eigenvalue weighted by atomic mass is 16.7. The number of ether oxygens (including phenoxy) is 2. The lowest BCUT2D eigenvalue weighted by atomic mass is 9.91. The predicted molar refractivity (Wildman–Crippen MR) is 102 cm³/mol. The van der Waals surface area contributed by atoms with Gasteiger partial charge in [-0.3, -0.25) is 19.3 Å². The van der Waals surface area contributed by atoms with Crippen molar-refractivity contribution in [1.29, 1.82) is 0 Å². The number of urea groups is 1. The first-order chi connectivity index (χ1) is 13.5. The molecule has 156 valence electrons. The number of hydrogen-bond donors (Lipinski definition) is 2. The molecule has 2 heterocycles. The zero-order valence-corrected chi connectivity index (χ0v) is 17.0. The van der Waals surface area contributed by atoms with Crippen LogP contribution in [0.1, 0.15) is 46.1 Å². The van der Waals surface area contributed by atoms with Gasteiger partial charge in [0.25, 0.3) is 5.91 Å². The molecule has 1 aromatic rings. The molecule has 3 rings (SSSR count). The van der Waals surface area contributed by atoms with Gasteiger partial charge in [0.15, 0.2) is 11.5 Å². The molecule has 9 heteroatoms. The molecule has 2 aliphatic heterocycles. The van der Waals surface area contributed by atoms with E-state index < -0.39 is 23.0 Å². The van der Waals surface area contributed by atoms with Gasteiger partial charge in [-0.2, -0.15) is 0 Å². The maximum absolute atomic E-state index is 13.0. The molecular formula is C20H25N3O6. The molecule has 1 fully saturated rings. The summed E-state index contributed by atoms with van der Waals surface area (Å²) in [6.45, 7) is 6.61. The molecule has 1 atom stereocenters. The predicted octanol–water partition coefficient (Wildman–Crippen LogP) is 1.45. The fourth-order valence-electron chi connectivity index (χ4n) is 3.62. The highest BCUT2D eigenvalue weighted by Crippen LogP contribution is 2.37. The van der Waals surface area contributed by atoms with Crippen LogP contribution in [0.3, 0.4) is 0 Å². The number of carbonyl (C=O) groups is 4. The number of ketones is 1. The van der Waals surface area contributed by atoms with Crippen molar-refractivity contribution in [2.45, 2.75) is 51.6 Å². The quantitative estimate of drug-likeness (QED) is 0.666. The van der Waals surface area contributed by atoms with E-state index in [4.69, 9.17) is 9.47 Å². The van der Waals surface area contributed by atoms with E-state index in [1.807, 2.05) is 0 Å². The first-order valence-electron chi connectivity index (χ1n) is 9.36. The van der Waals surface area contributed by atoms with Gasteiger partial charge in [-0.15, -0.1) is 0 Å². The first kappa shape index (κ1) is 20.6. The highest BCUT2D eigenvalue weighted by Gasteiger charge is 2.49. The summed E-state index contributed by atoms with van der Waals surface area (Å²) in [6, 6.07) is 4.49. The van der Waals surface area contributed by atoms with E-state index >= 15 is 0 Å². The smallest absolute Gasteiger partial charge is 0.325 e. The third-order valence-corrected chi connectivity index (χ3v) is 4.96. The SMILES string of the molecule is CC(=O)CC(C)(C)NC(=O)CCN1C(=O)N[C@@](C)(c2ccc3c(c2)OCO3)C1=O. The summed E-state index contributed by atoms with van der Waals surface area (Å²) in [7, 11) is 0. The van der Waals surface area contributed by atoms with Crippen molar-refractivity contribution < 1.29 is 28.7 Å². The van der Waals surface area contributed by atoms with Gasteiger partial charge < -0.3 is 20.1 Å². The lowest BCUT2D eigenvalue weighted by molar-refractivity contribution is -0.131. The Balaban J connectivity index is 1.66. The van der Waals surface area contributed by atoms with Gasteiger partial charge in [0, 0.05) is 24.9 Å². The standard InChI is InChI=1S/C20H25N3O6/c1-12(24)10-19(2,3)21-16(25)7-8-23-17(26)20(4,22-18(23)27)13-5-6-14-15(9-13)29-11-28-14/h5-6,9H,7-8,10-11H2,1-4H3,(H,21,25)(H,22,27)/t20-/m0/s1. The van der Waals surface area contributed by atoms with Crippen LogP contribution in [0.4, 0.5) is 4.79 Å². The van der Waals surface area contributed by atoms with E-state index in [0.29, 0.717) is 17.1 Å². The number of nitrogens with zero attached hydrogens (tertiary/aromatic N) is 1. The van der Waals surface area contributed by atoms with Crippen molar-refractivity contribution in [2.24, 2.45) is 0 Å². The van der Waals surface area contributed by atoms with Crippen molar-refractivity contribution in [3.05, 3.63) is 23.8 Å². The first-order valence-corrected chi connectivity index (χ1v) is 9.36. The number of amides is 4. The number of Topliss-reactive ketones (excluding diaryl/α,β-unsaturated/α-hetero) is 1. The molecule has 0 aliphatic carbocycles. The van der Waals surface area contributed by atoms with Gasteiger partial charge in [-0.1, -0.05) is 6.07 Å². The van der Waals surface area contributed by atoms with Crippen LogP contribution in [0.15, 0.2) is 18.2 Å². The zero-order chi connectivity index (χ0) is 21.4. The fourth-order valence-corrected chi connectivity index (χ4v) is 3.62. The van der Waals surface area contributed by atoms with Crippen LogP contribution < -0.4 is 20.1 Å². The monoisotopic (exact) mass is 403 g/mol. The molecule has 0 spiro atoms. The molecule has 29 heavy (non-hydrogen) atoms. The molecular weight excluding hydrogens is 378 g/mol. The molecule has 1 saturated heterocycles. The van der Waals surface area contributed by atoms with Crippen LogP contribution in [-0.2, 0) is 19.9 Å². The summed E-state index contributed by atoms with van der Waals surface area (Å²) in [5.74, 6) is 0.265. The molecule has 4 amide bonds. The number of nitrogens with one attached hydrogen (secondary N) is 2. The molecule has 2 aliphatic rings. The average molecular weight is 403 g/mol. The van der Waals surface area contributed by atoms with Crippen molar-refractivity contribution in [1.82, 2.24) is 15.5 Å². The third kappa shape index (κ3) is 4.18. The molecule has 0 radical (unpaired) electrons. The summed E-state index contributed by atoms with van der Waals surface area (Å²) in [5.41, 5.74) is -1.39. The molecule has 1 aromatic carbocycles. The Morgan fingerprint density at radius 1 is 1.24 bits per heavy atom. The number of fused-ring (bicyclic) bond motifs is 1. The summed E-state index contributed by atoms with van der Waals surface area (Å²) in [6.07, 6.45) is 0.141. The van der Waals surface area contributed by atoms with E-state index in [0.717, 1.165) is 4.90 Å². The van der Waals surface area contributed by atoms with E-state index in [9.17, 15) is 19.2 Å². The topological polar surface area (TPSA) is 114 Å². The van der Waals surface area contributed by atoms with Crippen LogP contribution in [0.25, 0.3) is 0 Å². The van der Waals surface area contributed by atoms with Gasteiger partial charge in [-0.25, -0.2) is 4.79 Å². The largest absolute Gasteiger partial charge is 0.454 e. The molecule has 2 N–H and O–H groups in total. The highest BCUT2D eigenvalue weighted by molar-refractivity contribution is 6.07. The minimum atomic E-state index is -1.26. The van der Waals surface area contributed by atoms with Crippen LogP contribution in [0.2, 0.25) is 0 Å². The Morgan fingerprint density at radius 3 is 2.62 bits per heavy atom. The molecule has 0 saturated carbocycles. The van der Waals surface area contributed by atoms with Gasteiger partial charge in [0.2, 0.25) is 12.7 Å². The second-order valence-electron chi connectivity index (χ2n) is 8.14. The van der Waals surface area contributed by atoms with Gasteiger partial charge in [0.05, 0.1) is 0 Å². The third-order valence-electron chi connectivity index (χ3n) is 4.96. The molecule has 0 bridgehead atoms. The lowest BCUT2D eigenvalue weighted by Crippen LogP contribution is -2.46.